The average molecular weight is 430 g/mol. The van der Waals surface area contributed by atoms with Crippen molar-refractivity contribution in [2.75, 3.05) is 33.9 Å². The molecular formula is C24H35N3O4. The third kappa shape index (κ3) is 6.00. The van der Waals surface area contributed by atoms with Gasteiger partial charge in [0, 0.05) is 24.6 Å². The predicted octanol–water partition coefficient (Wildman–Crippen LogP) is 4.04. The number of rotatable bonds is 9. The van der Waals surface area contributed by atoms with E-state index in [2.05, 4.69) is 24.1 Å². The number of aromatic nitrogens is 1. The van der Waals surface area contributed by atoms with Crippen molar-refractivity contribution in [1.82, 2.24) is 15.2 Å². The highest BCUT2D eigenvalue weighted by Crippen LogP contribution is 2.33. The number of nitrogens with one attached hydrogen (secondary N) is 1. The number of benzene rings is 1. The Balaban J connectivity index is 1.56. The van der Waals surface area contributed by atoms with Crippen LogP contribution in [-0.4, -0.2) is 49.6 Å². The molecule has 1 aromatic heterocycles. The van der Waals surface area contributed by atoms with Crippen molar-refractivity contribution in [2.24, 2.45) is 11.8 Å². The number of piperidine rings is 1. The lowest BCUT2D eigenvalue weighted by atomic mass is 9.95. The second kappa shape index (κ2) is 10.7. The third-order valence-corrected chi connectivity index (χ3v) is 5.88. The van der Waals surface area contributed by atoms with E-state index in [1.807, 2.05) is 25.1 Å². The fourth-order valence-electron chi connectivity index (χ4n) is 3.86. The lowest BCUT2D eigenvalue weighted by Crippen LogP contribution is -2.40. The van der Waals surface area contributed by atoms with Crippen LogP contribution in [0.1, 0.15) is 44.6 Å². The third-order valence-electron chi connectivity index (χ3n) is 5.88. The lowest BCUT2D eigenvalue weighted by Gasteiger charge is -2.30. The van der Waals surface area contributed by atoms with Crippen LogP contribution in [0.15, 0.2) is 22.6 Å². The van der Waals surface area contributed by atoms with Crippen LogP contribution >= 0.6 is 0 Å². The van der Waals surface area contributed by atoms with Crippen LogP contribution in [0, 0.1) is 18.8 Å². The number of aryl methyl sites for hydroxylation is 1. The molecule has 0 aliphatic carbocycles. The summed E-state index contributed by atoms with van der Waals surface area (Å²) in [6.45, 7) is 9.57. The van der Waals surface area contributed by atoms with Crippen molar-refractivity contribution in [2.45, 2.75) is 46.6 Å². The number of nitrogens with zero attached hydrogens (tertiary/aromatic N) is 2. The fraction of sp³-hybridized carbons (Fsp3) is 0.583. The molecule has 170 valence electrons. The van der Waals surface area contributed by atoms with Crippen LogP contribution in [0.4, 0.5) is 0 Å². The Labute approximate surface area is 185 Å². The van der Waals surface area contributed by atoms with E-state index in [4.69, 9.17) is 18.9 Å². The van der Waals surface area contributed by atoms with Crippen LogP contribution in [0.25, 0.3) is 11.5 Å². The standard InChI is InChI=1S/C24H35N3O4/c1-16(2)8-11-25-23(28)18-9-12-27(13-10-18)15-20-17(3)31-24(26-20)19-6-7-21(29-4)22(14-19)30-5/h6-7,14,16,18H,8-13,15H2,1-5H3,(H,25,28). The van der Waals surface area contributed by atoms with Crippen LogP contribution in [0.2, 0.25) is 0 Å². The van der Waals surface area contributed by atoms with Crippen LogP contribution in [0.3, 0.4) is 0 Å². The molecule has 1 N–H and O–H groups in total. The zero-order valence-corrected chi connectivity index (χ0v) is 19.4. The Morgan fingerprint density at radius 2 is 1.94 bits per heavy atom. The molecule has 31 heavy (non-hydrogen) atoms. The molecule has 1 aliphatic heterocycles. The van der Waals surface area contributed by atoms with Gasteiger partial charge < -0.3 is 19.2 Å². The largest absolute Gasteiger partial charge is 0.493 e. The highest BCUT2D eigenvalue weighted by Gasteiger charge is 2.26. The molecule has 0 radical (unpaired) electrons. The molecule has 1 aliphatic rings. The predicted molar refractivity (Wildman–Crippen MR) is 120 cm³/mol. The monoisotopic (exact) mass is 429 g/mol. The van der Waals surface area contributed by atoms with Crippen LogP contribution < -0.4 is 14.8 Å². The maximum Gasteiger partial charge on any atom is 0.226 e. The maximum absolute atomic E-state index is 12.4. The SMILES string of the molecule is COc1ccc(-c2nc(CN3CCC(C(=O)NCCC(C)C)CC3)c(C)o2)cc1OC. The molecule has 0 unspecified atom stereocenters. The van der Waals surface area contributed by atoms with Gasteiger partial charge in [-0.2, -0.15) is 0 Å². The van der Waals surface area contributed by atoms with Gasteiger partial charge in [-0.05, 0) is 63.4 Å². The van der Waals surface area contributed by atoms with Gasteiger partial charge >= 0.3 is 0 Å². The first-order valence-electron chi connectivity index (χ1n) is 11.1. The minimum atomic E-state index is 0.115. The molecule has 1 fully saturated rings. The Kier molecular flexibility index (Phi) is 7.96. The minimum Gasteiger partial charge on any atom is -0.493 e. The van der Waals surface area contributed by atoms with E-state index < -0.39 is 0 Å². The van der Waals surface area contributed by atoms with Gasteiger partial charge in [0.15, 0.2) is 11.5 Å². The normalized spacial score (nSPS) is 15.3. The molecule has 2 aromatic rings. The number of hydrogen-bond donors (Lipinski definition) is 1. The molecule has 1 amide bonds. The smallest absolute Gasteiger partial charge is 0.226 e. The molecule has 0 saturated carbocycles. The summed E-state index contributed by atoms with van der Waals surface area (Å²) in [5, 5.41) is 3.09. The Hall–Kier alpha value is -2.54. The molecule has 7 nitrogen and oxygen atoms in total. The number of likely N-dealkylation sites (tertiary alicyclic amines) is 1. The molecule has 0 bridgehead atoms. The summed E-state index contributed by atoms with van der Waals surface area (Å²) in [6.07, 6.45) is 2.79. The van der Waals surface area contributed by atoms with E-state index in [0.717, 1.165) is 62.5 Å². The van der Waals surface area contributed by atoms with Gasteiger partial charge in [0.1, 0.15) is 5.76 Å². The summed E-state index contributed by atoms with van der Waals surface area (Å²) in [5.74, 6) is 3.64. The van der Waals surface area contributed by atoms with Crippen molar-refractivity contribution in [3.8, 4) is 23.0 Å². The fourth-order valence-corrected chi connectivity index (χ4v) is 3.86. The van der Waals surface area contributed by atoms with Gasteiger partial charge in [0.05, 0.1) is 19.9 Å². The van der Waals surface area contributed by atoms with E-state index in [-0.39, 0.29) is 11.8 Å². The highest BCUT2D eigenvalue weighted by atomic mass is 16.5. The summed E-state index contributed by atoms with van der Waals surface area (Å²) in [5.41, 5.74) is 1.79. The summed E-state index contributed by atoms with van der Waals surface area (Å²) in [6, 6.07) is 5.64. The Bertz CT molecular complexity index is 870. The number of carbonyl (C=O) groups is 1. The van der Waals surface area contributed by atoms with Gasteiger partial charge in [0.2, 0.25) is 11.8 Å². The van der Waals surface area contributed by atoms with Crippen LogP contribution in [-0.2, 0) is 11.3 Å². The number of oxazole rings is 1. The number of methoxy groups -OCH3 is 2. The Morgan fingerprint density at radius 1 is 1.23 bits per heavy atom. The number of ether oxygens (including phenoxy) is 2. The molecule has 3 rings (SSSR count). The van der Waals surface area contributed by atoms with Crippen molar-refractivity contribution < 1.29 is 18.7 Å². The van der Waals surface area contributed by atoms with Crippen molar-refractivity contribution in [3.05, 3.63) is 29.7 Å². The second-order valence-electron chi connectivity index (χ2n) is 8.62. The molecule has 1 aromatic carbocycles. The van der Waals surface area contributed by atoms with E-state index in [1.54, 1.807) is 14.2 Å². The molecule has 0 atom stereocenters. The topological polar surface area (TPSA) is 76.8 Å². The van der Waals surface area contributed by atoms with Crippen molar-refractivity contribution in [1.29, 1.82) is 0 Å². The number of hydrogen-bond acceptors (Lipinski definition) is 6. The summed E-state index contributed by atoms with van der Waals surface area (Å²) >= 11 is 0. The van der Waals surface area contributed by atoms with Crippen LogP contribution in [0.5, 0.6) is 11.5 Å². The van der Waals surface area contributed by atoms with Gasteiger partial charge in [-0.3, -0.25) is 9.69 Å². The second-order valence-corrected chi connectivity index (χ2v) is 8.62. The molecular weight excluding hydrogens is 394 g/mol. The van der Waals surface area contributed by atoms with Crippen molar-refractivity contribution >= 4 is 5.91 Å². The van der Waals surface area contributed by atoms with E-state index in [9.17, 15) is 4.79 Å². The molecule has 2 heterocycles. The van der Waals surface area contributed by atoms with Crippen molar-refractivity contribution in [3.63, 3.8) is 0 Å². The average Bonchev–Trinajstić information content (AvgIpc) is 3.13. The zero-order valence-electron chi connectivity index (χ0n) is 19.4. The lowest BCUT2D eigenvalue weighted by molar-refractivity contribution is -0.126. The van der Waals surface area contributed by atoms with Gasteiger partial charge in [-0.25, -0.2) is 4.98 Å². The number of amides is 1. The first-order valence-corrected chi connectivity index (χ1v) is 11.1. The quantitative estimate of drug-likeness (QED) is 0.648. The summed E-state index contributed by atoms with van der Waals surface area (Å²) in [7, 11) is 3.23. The first kappa shape index (κ1) is 23.1. The Morgan fingerprint density at radius 3 is 2.58 bits per heavy atom. The van der Waals surface area contributed by atoms with E-state index in [1.165, 1.54) is 0 Å². The minimum absolute atomic E-state index is 0.115. The first-order chi connectivity index (χ1) is 14.9. The van der Waals surface area contributed by atoms with E-state index >= 15 is 0 Å². The zero-order chi connectivity index (χ0) is 22.4. The molecule has 7 heteroatoms. The van der Waals surface area contributed by atoms with Gasteiger partial charge in [-0.15, -0.1) is 0 Å². The summed E-state index contributed by atoms with van der Waals surface area (Å²) < 4.78 is 16.6. The molecule has 0 spiro atoms. The van der Waals surface area contributed by atoms with Gasteiger partial charge in [-0.1, -0.05) is 13.8 Å². The van der Waals surface area contributed by atoms with Gasteiger partial charge in [0.25, 0.3) is 0 Å². The number of carbonyl (C=O) groups excluding carboxylic acids is 1. The summed E-state index contributed by atoms with van der Waals surface area (Å²) in [4.78, 5) is 19.5. The maximum atomic E-state index is 12.4. The highest BCUT2D eigenvalue weighted by molar-refractivity contribution is 5.78. The van der Waals surface area contributed by atoms with E-state index in [0.29, 0.717) is 23.3 Å². The molecule has 1 saturated heterocycles.